The molecule has 0 aliphatic carbocycles. The van der Waals surface area contributed by atoms with Gasteiger partial charge in [-0.1, -0.05) is 41.6 Å². The zero-order valence-electron chi connectivity index (χ0n) is 17.5. The lowest BCUT2D eigenvalue weighted by Gasteiger charge is -2.19. The number of rotatable bonds is 7. The molecular weight excluding hydrogens is 392 g/mol. The molecule has 1 fully saturated rings. The Labute approximate surface area is 181 Å². The molecule has 0 radical (unpaired) electrons. The van der Waals surface area contributed by atoms with Gasteiger partial charge in [0.05, 0.1) is 0 Å². The number of nitrogens with one attached hydrogen (secondary N) is 2. The van der Waals surface area contributed by atoms with Crippen molar-refractivity contribution in [1.29, 1.82) is 0 Å². The maximum absolute atomic E-state index is 12.5. The Kier molecular flexibility index (Phi) is 6.31. The Morgan fingerprint density at radius 3 is 2.61 bits per heavy atom. The maximum atomic E-state index is 12.5. The molecule has 0 spiro atoms. The largest absolute Gasteiger partial charge is 0.371 e. The smallest absolute Gasteiger partial charge is 0.290 e. The maximum Gasteiger partial charge on any atom is 0.290 e. The van der Waals surface area contributed by atoms with Gasteiger partial charge in [0, 0.05) is 48.6 Å². The Balaban J connectivity index is 1.30. The zero-order valence-corrected chi connectivity index (χ0v) is 17.5. The summed E-state index contributed by atoms with van der Waals surface area (Å²) in [6, 6.07) is 18.6. The number of anilines is 2. The lowest BCUT2D eigenvalue weighted by atomic mass is 10.1. The number of benzene rings is 2. The fourth-order valence-electron chi connectivity index (χ4n) is 3.72. The van der Waals surface area contributed by atoms with E-state index in [0.29, 0.717) is 5.69 Å². The van der Waals surface area contributed by atoms with E-state index >= 15 is 0 Å². The highest BCUT2D eigenvalue weighted by molar-refractivity contribution is 5.94. The predicted molar refractivity (Wildman–Crippen MR) is 120 cm³/mol. The van der Waals surface area contributed by atoms with E-state index in [1.165, 1.54) is 12.8 Å². The highest BCUT2D eigenvalue weighted by Crippen LogP contribution is 2.23. The topological polar surface area (TPSA) is 87.5 Å². The van der Waals surface area contributed by atoms with Crippen LogP contribution in [0.4, 0.5) is 11.4 Å². The SMILES string of the molecule is CC(CC(=O)Nc1cccc(N2CCCC2)c1)NC(=O)c1cc(-c2ccccc2)no1. The third kappa shape index (κ3) is 5.31. The Morgan fingerprint density at radius 1 is 1.06 bits per heavy atom. The van der Waals surface area contributed by atoms with Crippen LogP contribution in [0, 0.1) is 0 Å². The normalized spacial score (nSPS) is 14.3. The first-order valence-electron chi connectivity index (χ1n) is 10.6. The Morgan fingerprint density at radius 2 is 1.84 bits per heavy atom. The van der Waals surface area contributed by atoms with Crippen LogP contribution in [-0.4, -0.2) is 36.1 Å². The summed E-state index contributed by atoms with van der Waals surface area (Å²) in [5.74, 6) is -0.440. The standard InChI is InChI=1S/C24H26N4O3/c1-17(25-24(30)22-16-21(27-31-22)18-8-3-2-4-9-18)14-23(29)26-19-10-7-11-20(15-19)28-12-5-6-13-28/h2-4,7-11,15-17H,5-6,12-14H2,1H3,(H,25,30)(H,26,29). The number of carbonyl (C=O) groups is 2. The first-order chi connectivity index (χ1) is 15.1. The molecule has 4 rings (SSSR count). The van der Waals surface area contributed by atoms with Crippen molar-refractivity contribution >= 4 is 23.2 Å². The molecule has 160 valence electrons. The highest BCUT2D eigenvalue weighted by atomic mass is 16.5. The summed E-state index contributed by atoms with van der Waals surface area (Å²) < 4.78 is 5.18. The molecule has 7 heteroatoms. The molecule has 2 amide bonds. The molecule has 1 aliphatic rings. The number of hydrogen-bond acceptors (Lipinski definition) is 5. The molecule has 1 atom stereocenters. The summed E-state index contributed by atoms with van der Waals surface area (Å²) in [6.07, 6.45) is 2.55. The molecular formula is C24H26N4O3. The molecule has 0 bridgehead atoms. The van der Waals surface area contributed by atoms with Crippen molar-refractivity contribution in [1.82, 2.24) is 10.5 Å². The van der Waals surface area contributed by atoms with E-state index in [4.69, 9.17) is 4.52 Å². The van der Waals surface area contributed by atoms with Gasteiger partial charge in [0.2, 0.25) is 11.7 Å². The minimum atomic E-state index is -0.397. The van der Waals surface area contributed by atoms with E-state index in [1.54, 1.807) is 13.0 Å². The fraction of sp³-hybridized carbons (Fsp3) is 0.292. The third-order valence-corrected chi connectivity index (χ3v) is 5.27. The Hall–Kier alpha value is -3.61. The van der Waals surface area contributed by atoms with Crippen LogP contribution in [0.2, 0.25) is 0 Å². The second kappa shape index (κ2) is 9.47. The minimum Gasteiger partial charge on any atom is -0.371 e. The van der Waals surface area contributed by atoms with E-state index in [9.17, 15) is 9.59 Å². The summed E-state index contributed by atoms with van der Waals surface area (Å²) in [7, 11) is 0. The lowest BCUT2D eigenvalue weighted by Crippen LogP contribution is -2.35. The van der Waals surface area contributed by atoms with Crippen molar-refractivity contribution in [3.8, 4) is 11.3 Å². The van der Waals surface area contributed by atoms with Crippen LogP contribution in [0.3, 0.4) is 0 Å². The monoisotopic (exact) mass is 418 g/mol. The molecule has 1 aliphatic heterocycles. The minimum absolute atomic E-state index is 0.115. The first kappa shape index (κ1) is 20.7. The van der Waals surface area contributed by atoms with Crippen LogP contribution in [0.5, 0.6) is 0 Å². The molecule has 2 aromatic carbocycles. The van der Waals surface area contributed by atoms with E-state index < -0.39 is 5.91 Å². The number of amides is 2. The van der Waals surface area contributed by atoms with Gasteiger partial charge in [-0.25, -0.2) is 0 Å². The molecule has 0 saturated carbocycles. The molecule has 2 heterocycles. The fourth-order valence-corrected chi connectivity index (χ4v) is 3.72. The van der Waals surface area contributed by atoms with Crippen LogP contribution in [-0.2, 0) is 4.79 Å². The summed E-state index contributed by atoms with van der Waals surface area (Å²) in [4.78, 5) is 27.2. The third-order valence-electron chi connectivity index (χ3n) is 5.27. The van der Waals surface area contributed by atoms with Gasteiger partial charge in [-0.2, -0.15) is 0 Å². The van der Waals surface area contributed by atoms with E-state index in [2.05, 4.69) is 26.8 Å². The summed E-state index contributed by atoms with van der Waals surface area (Å²) >= 11 is 0. The second-order valence-corrected chi connectivity index (χ2v) is 7.81. The predicted octanol–water partition coefficient (Wildman–Crippen LogP) is 4.09. The highest BCUT2D eigenvalue weighted by Gasteiger charge is 2.18. The van der Waals surface area contributed by atoms with Crippen molar-refractivity contribution in [3.63, 3.8) is 0 Å². The van der Waals surface area contributed by atoms with Gasteiger partial charge >= 0.3 is 0 Å². The lowest BCUT2D eigenvalue weighted by molar-refractivity contribution is -0.116. The Bertz CT molecular complexity index is 1040. The van der Waals surface area contributed by atoms with Crippen molar-refractivity contribution < 1.29 is 14.1 Å². The quantitative estimate of drug-likeness (QED) is 0.603. The van der Waals surface area contributed by atoms with Gasteiger partial charge < -0.3 is 20.1 Å². The number of hydrogen-bond donors (Lipinski definition) is 2. The molecule has 1 saturated heterocycles. The van der Waals surface area contributed by atoms with E-state index in [0.717, 1.165) is 30.0 Å². The van der Waals surface area contributed by atoms with Crippen molar-refractivity contribution in [3.05, 3.63) is 66.4 Å². The summed E-state index contributed by atoms with van der Waals surface area (Å²) in [5, 5.41) is 9.67. The van der Waals surface area contributed by atoms with E-state index in [1.807, 2.05) is 48.5 Å². The van der Waals surface area contributed by atoms with Crippen LogP contribution in [0.25, 0.3) is 11.3 Å². The van der Waals surface area contributed by atoms with Gasteiger partial charge in [0.25, 0.3) is 5.91 Å². The van der Waals surface area contributed by atoms with Crippen LogP contribution < -0.4 is 15.5 Å². The van der Waals surface area contributed by atoms with Crippen molar-refractivity contribution in [2.45, 2.75) is 32.2 Å². The number of carbonyl (C=O) groups excluding carboxylic acids is 2. The van der Waals surface area contributed by atoms with Crippen LogP contribution in [0.1, 0.15) is 36.7 Å². The molecule has 2 N–H and O–H groups in total. The van der Waals surface area contributed by atoms with Gasteiger partial charge in [0.15, 0.2) is 0 Å². The van der Waals surface area contributed by atoms with Crippen LogP contribution in [0.15, 0.2) is 65.2 Å². The van der Waals surface area contributed by atoms with Crippen LogP contribution >= 0.6 is 0 Å². The summed E-state index contributed by atoms with van der Waals surface area (Å²) in [6.45, 7) is 3.88. The number of aromatic nitrogens is 1. The first-order valence-corrected chi connectivity index (χ1v) is 10.6. The van der Waals surface area contributed by atoms with Gasteiger partial charge in [-0.3, -0.25) is 9.59 Å². The second-order valence-electron chi connectivity index (χ2n) is 7.81. The average Bonchev–Trinajstić information content (AvgIpc) is 3.47. The average molecular weight is 418 g/mol. The molecule has 1 unspecified atom stereocenters. The van der Waals surface area contributed by atoms with Gasteiger partial charge in [-0.15, -0.1) is 0 Å². The van der Waals surface area contributed by atoms with E-state index in [-0.39, 0.29) is 24.1 Å². The van der Waals surface area contributed by atoms with Crippen molar-refractivity contribution in [2.75, 3.05) is 23.3 Å². The van der Waals surface area contributed by atoms with Gasteiger partial charge in [0.1, 0.15) is 5.69 Å². The zero-order chi connectivity index (χ0) is 21.6. The number of nitrogens with zero attached hydrogens (tertiary/aromatic N) is 2. The molecule has 7 nitrogen and oxygen atoms in total. The molecule has 31 heavy (non-hydrogen) atoms. The summed E-state index contributed by atoms with van der Waals surface area (Å²) in [5.41, 5.74) is 3.34. The molecule has 3 aromatic rings. The van der Waals surface area contributed by atoms with Gasteiger partial charge in [-0.05, 0) is 38.0 Å². The van der Waals surface area contributed by atoms with Crippen molar-refractivity contribution in [2.24, 2.45) is 0 Å². The molecule has 1 aromatic heterocycles.